The van der Waals surface area contributed by atoms with Crippen LogP contribution in [0.5, 0.6) is 0 Å². The lowest BCUT2D eigenvalue weighted by molar-refractivity contribution is -0.385. The van der Waals surface area contributed by atoms with Gasteiger partial charge in [0.05, 0.1) is 15.8 Å². The fourth-order valence-corrected chi connectivity index (χ4v) is 5.82. The van der Waals surface area contributed by atoms with E-state index in [0.717, 1.165) is 32.1 Å². The Bertz CT molecular complexity index is 1490. The summed E-state index contributed by atoms with van der Waals surface area (Å²) in [6, 6.07) is 20.3. The molecular weight excluding hydrogens is 688 g/mol. The van der Waals surface area contributed by atoms with Crippen molar-refractivity contribution >= 4 is 29.1 Å². The van der Waals surface area contributed by atoms with Gasteiger partial charge in [-0.05, 0) is 30.5 Å². The number of non-ortho nitro benzene ring substituents is 2. The number of ketones is 1. The number of carboxylic acids is 2. The minimum Gasteiger partial charge on any atom is -0.481 e. The minimum atomic E-state index is -0.859. The fourth-order valence-electron chi connectivity index (χ4n) is 5.82. The van der Waals surface area contributed by atoms with E-state index in [-0.39, 0.29) is 17.2 Å². The van der Waals surface area contributed by atoms with Crippen LogP contribution in [0.1, 0.15) is 163 Å². The highest BCUT2D eigenvalue weighted by Gasteiger charge is 2.20. The molecule has 3 rings (SSSR count). The first kappa shape index (κ1) is 47.1. The number of carbonyl (C=O) groups excluding carboxylic acids is 1. The fraction of sp³-hybridized carbons (Fsp3) is 0.512. The van der Waals surface area contributed by atoms with Crippen molar-refractivity contribution in [3.63, 3.8) is 0 Å². The van der Waals surface area contributed by atoms with E-state index in [1.54, 1.807) is 36.4 Å². The van der Waals surface area contributed by atoms with E-state index in [1.165, 1.54) is 113 Å². The van der Waals surface area contributed by atoms with Crippen LogP contribution in [-0.4, -0.2) is 37.8 Å². The minimum absolute atomic E-state index is 0.00929. The van der Waals surface area contributed by atoms with Crippen LogP contribution in [0.3, 0.4) is 0 Å². The normalized spacial score (nSPS) is 10.9. The van der Waals surface area contributed by atoms with Crippen molar-refractivity contribution in [2.75, 3.05) is 0 Å². The molecule has 11 nitrogen and oxygen atoms in total. The van der Waals surface area contributed by atoms with Gasteiger partial charge in [-0.2, -0.15) is 0 Å². The predicted molar refractivity (Wildman–Crippen MR) is 213 cm³/mol. The van der Waals surface area contributed by atoms with Crippen molar-refractivity contribution in [3.8, 4) is 0 Å². The topological polar surface area (TPSA) is 178 Å². The van der Waals surface area contributed by atoms with E-state index in [1.807, 2.05) is 6.07 Å². The molecule has 0 saturated carbocycles. The van der Waals surface area contributed by atoms with Gasteiger partial charge in [0.2, 0.25) is 0 Å². The number of carbonyl (C=O) groups is 3. The number of hydrogen-bond acceptors (Lipinski definition) is 7. The van der Waals surface area contributed by atoms with Crippen LogP contribution in [0.2, 0.25) is 0 Å². The number of carboxylic acid groups (broad SMARTS) is 2. The molecule has 0 amide bonds. The summed E-state index contributed by atoms with van der Waals surface area (Å²) < 4.78 is 0. The lowest BCUT2D eigenvalue weighted by Gasteiger charge is -2.12. The predicted octanol–water partition coefficient (Wildman–Crippen LogP) is 12.1. The number of benzene rings is 3. The van der Waals surface area contributed by atoms with Gasteiger partial charge in [0, 0.05) is 41.8 Å². The molecule has 3 aromatic rings. The number of rotatable bonds is 25. The summed E-state index contributed by atoms with van der Waals surface area (Å²) >= 11 is 0. The first-order valence-electron chi connectivity index (χ1n) is 19.5. The summed E-state index contributed by atoms with van der Waals surface area (Å²) in [5.41, 5.74) is 1.63. The first-order chi connectivity index (χ1) is 26.0. The van der Waals surface area contributed by atoms with E-state index in [0.29, 0.717) is 29.5 Å². The van der Waals surface area contributed by atoms with Crippen LogP contribution in [0.15, 0.2) is 78.9 Å². The Morgan fingerprint density at radius 3 is 1.33 bits per heavy atom. The highest BCUT2D eigenvalue weighted by Crippen LogP contribution is 2.25. The highest BCUT2D eigenvalue weighted by molar-refractivity contribution is 6.09. The van der Waals surface area contributed by atoms with E-state index in [2.05, 4.69) is 13.8 Å². The zero-order valence-corrected chi connectivity index (χ0v) is 32.2. The Kier molecular flexibility index (Phi) is 25.7. The van der Waals surface area contributed by atoms with Crippen LogP contribution in [0, 0.1) is 20.2 Å². The van der Waals surface area contributed by atoms with Gasteiger partial charge in [0.1, 0.15) is 0 Å². The maximum atomic E-state index is 12.0. The van der Waals surface area contributed by atoms with E-state index >= 15 is 0 Å². The van der Waals surface area contributed by atoms with Crippen molar-refractivity contribution < 1.29 is 34.4 Å². The number of nitrogens with zero attached hydrogens (tertiary/aromatic N) is 2. The zero-order valence-electron chi connectivity index (χ0n) is 32.2. The van der Waals surface area contributed by atoms with Crippen molar-refractivity contribution in [1.82, 2.24) is 0 Å². The molecular formula is C43H60N2O9. The molecule has 0 aromatic heterocycles. The van der Waals surface area contributed by atoms with Crippen molar-refractivity contribution in [2.45, 2.75) is 142 Å². The van der Waals surface area contributed by atoms with Gasteiger partial charge in [0.15, 0.2) is 5.78 Å². The maximum absolute atomic E-state index is 12.0. The van der Waals surface area contributed by atoms with Gasteiger partial charge in [-0.25, -0.2) is 0 Å². The number of nitro groups is 2. The molecule has 0 fully saturated rings. The van der Waals surface area contributed by atoms with Crippen molar-refractivity contribution in [3.05, 3.63) is 116 Å². The molecule has 3 aromatic carbocycles. The van der Waals surface area contributed by atoms with Crippen LogP contribution in [-0.2, 0) is 9.59 Å². The summed E-state index contributed by atoms with van der Waals surface area (Å²) in [7, 11) is 0. The second kappa shape index (κ2) is 29.5. The Morgan fingerprint density at radius 2 is 0.926 bits per heavy atom. The second-order valence-corrected chi connectivity index (χ2v) is 13.5. The van der Waals surface area contributed by atoms with Crippen molar-refractivity contribution in [2.24, 2.45) is 0 Å². The molecule has 0 radical (unpaired) electrons. The van der Waals surface area contributed by atoms with Crippen LogP contribution in [0.4, 0.5) is 11.4 Å². The molecule has 0 aliphatic carbocycles. The molecule has 1 unspecified atom stereocenters. The van der Waals surface area contributed by atoms with Gasteiger partial charge in [-0.1, -0.05) is 159 Å². The second-order valence-electron chi connectivity index (χ2n) is 13.5. The van der Waals surface area contributed by atoms with Crippen LogP contribution < -0.4 is 0 Å². The quantitative estimate of drug-likeness (QED) is 0.0369. The largest absolute Gasteiger partial charge is 0.481 e. The van der Waals surface area contributed by atoms with Gasteiger partial charge in [-0.3, -0.25) is 34.6 Å². The van der Waals surface area contributed by atoms with Crippen LogP contribution in [0.25, 0.3) is 0 Å². The van der Waals surface area contributed by atoms with E-state index in [4.69, 9.17) is 5.11 Å². The third-order valence-corrected chi connectivity index (χ3v) is 9.02. The number of unbranched alkanes of at least 4 members (excludes halogenated alkanes) is 15. The molecule has 1 atom stereocenters. The molecule has 0 bridgehead atoms. The summed E-state index contributed by atoms with van der Waals surface area (Å²) in [5.74, 6) is -2.23. The SMILES string of the molecule is CCCCCCCCCCC(C(=O)O)c1ccc([N+](=O)[O-])cc1.CCCCCCCCCCCC(=O)O.O=C(c1ccccc1)c1ccc([N+](=O)[O-])cc1. The monoisotopic (exact) mass is 748 g/mol. The van der Waals surface area contributed by atoms with E-state index in [9.17, 15) is 39.7 Å². The number of nitro benzene ring substituents is 2. The lowest BCUT2D eigenvalue weighted by Crippen LogP contribution is -2.11. The average Bonchev–Trinajstić information content (AvgIpc) is 3.17. The lowest BCUT2D eigenvalue weighted by atomic mass is 9.93. The molecule has 0 aliphatic rings. The van der Waals surface area contributed by atoms with Gasteiger partial charge in [0.25, 0.3) is 11.4 Å². The molecule has 0 spiro atoms. The van der Waals surface area contributed by atoms with Gasteiger partial charge < -0.3 is 10.2 Å². The third-order valence-electron chi connectivity index (χ3n) is 9.02. The molecule has 2 N–H and O–H groups in total. The van der Waals surface area contributed by atoms with Crippen molar-refractivity contribution in [1.29, 1.82) is 0 Å². The van der Waals surface area contributed by atoms with Gasteiger partial charge >= 0.3 is 11.9 Å². The smallest absolute Gasteiger partial charge is 0.310 e. The van der Waals surface area contributed by atoms with E-state index < -0.39 is 27.7 Å². The number of hydrogen-bond donors (Lipinski definition) is 2. The third kappa shape index (κ3) is 21.6. The number of aliphatic carboxylic acids is 2. The molecule has 0 heterocycles. The zero-order chi connectivity index (χ0) is 40.0. The summed E-state index contributed by atoms with van der Waals surface area (Å²) in [6.45, 7) is 4.43. The Hall–Kier alpha value is -4.93. The Morgan fingerprint density at radius 1 is 0.537 bits per heavy atom. The molecule has 54 heavy (non-hydrogen) atoms. The summed E-state index contributed by atoms with van der Waals surface area (Å²) in [6.07, 6.45) is 21.4. The molecule has 0 saturated heterocycles. The van der Waals surface area contributed by atoms with Crippen LogP contribution >= 0.6 is 0 Å². The summed E-state index contributed by atoms with van der Waals surface area (Å²) in [4.78, 5) is 53.7. The Labute approximate surface area is 320 Å². The Balaban J connectivity index is 0.000000419. The molecule has 296 valence electrons. The maximum Gasteiger partial charge on any atom is 0.310 e. The molecule has 11 heteroatoms. The first-order valence-corrected chi connectivity index (χ1v) is 19.5. The van der Waals surface area contributed by atoms with Gasteiger partial charge in [-0.15, -0.1) is 0 Å². The summed E-state index contributed by atoms with van der Waals surface area (Å²) in [5, 5.41) is 38.9. The standard InChI is InChI=1S/C18H27NO4.C13H9NO3.C12H24O2/c1-2-3-4-5-6-7-8-9-10-17(18(20)21)15-11-13-16(14-12-15)19(22)23;15-13(10-4-2-1-3-5-10)11-6-8-12(9-7-11)14(16)17;1-2-3-4-5-6-7-8-9-10-11-12(13)14/h11-14,17H,2-10H2,1H3,(H,20,21);1-9H;2-11H2,1H3,(H,13,14). The average molecular weight is 749 g/mol. The molecule has 0 aliphatic heterocycles. The highest BCUT2D eigenvalue weighted by atomic mass is 16.6.